The van der Waals surface area contributed by atoms with Crippen molar-refractivity contribution in [3.8, 4) is 0 Å². The predicted molar refractivity (Wildman–Crippen MR) is 38.5 cm³/mol. The van der Waals surface area contributed by atoms with Gasteiger partial charge in [0.05, 0.1) is 0 Å². The zero-order valence-electron chi connectivity index (χ0n) is 5.73. The van der Waals surface area contributed by atoms with E-state index in [-0.39, 0.29) is 0 Å². The molecule has 0 N–H and O–H groups in total. The van der Waals surface area contributed by atoms with Gasteiger partial charge in [-0.15, -0.1) is 0 Å². The quantitative estimate of drug-likeness (QED) is 0.361. The van der Waals surface area contributed by atoms with E-state index in [2.05, 4.69) is 24.3 Å². The maximum absolute atomic E-state index is 5.33. The van der Waals surface area contributed by atoms with Gasteiger partial charge in [-0.05, 0) is 18.3 Å². The van der Waals surface area contributed by atoms with E-state index in [0.717, 1.165) is 11.8 Å². The van der Waals surface area contributed by atoms with Gasteiger partial charge in [-0.1, -0.05) is 24.3 Å². The fourth-order valence-electron chi connectivity index (χ4n) is 1.63. The molecular formula is C9H10O. The van der Waals surface area contributed by atoms with E-state index in [9.17, 15) is 0 Å². The van der Waals surface area contributed by atoms with Gasteiger partial charge in [0.1, 0.15) is 12.2 Å². The highest BCUT2D eigenvalue weighted by Gasteiger charge is 2.40. The molecule has 0 amide bonds. The summed E-state index contributed by atoms with van der Waals surface area (Å²) in [5.41, 5.74) is 0. The number of ether oxygens (including phenoxy) is 1. The van der Waals surface area contributed by atoms with Crippen molar-refractivity contribution >= 4 is 0 Å². The van der Waals surface area contributed by atoms with Gasteiger partial charge in [0, 0.05) is 0 Å². The molecule has 10 heavy (non-hydrogen) atoms. The van der Waals surface area contributed by atoms with Crippen LogP contribution < -0.4 is 0 Å². The molecule has 52 valence electrons. The zero-order chi connectivity index (χ0) is 6.55. The molecule has 3 rings (SSSR count). The van der Waals surface area contributed by atoms with E-state index >= 15 is 0 Å². The van der Waals surface area contributed by atoms with Crippen LogP contribution in [-0.2, 0) is 4.74 Å². The largest absolute Gasteiger partial charge is 0.361 e. The number of fused-ring (bicyclic) bond motifs is 2. The molecule has 0 aromatic carbocycles. The van der Waals surface area contributed by atoms with Crippen LogP contribution in [0.25, 0.3) is 0 Å². The second-order valence-corrected chi connectivity index (χ2v) is 3.40. The average molecular weight is 134 g/mol. The summed E-state index contributed by atoms with van der Waals surface area (Å²) in [7, 11) is 0. The molecular weight excluding hydrogens is 124 g/mol. The fourth-order valence-corrected chi connectivity index (χ4v) is 1.63. The Morgan fingerprint density at radius 2 is 1.50 bits per heavy atom. The summed E-state index contributed by atoms with van der Waals surface area (Å²) in [6, 6.07) is 0. The van der Waals surface area contributed by atoms with E-state index in [4.69, 9.17) is 4.74 Å². The maximum Gasteiger partial charge on any atom is 0.106 e. The third-order valence-electron chi connectivity index (χ3n) is 2.55. The molecule has 0 aromatic heterocycles. The Balaban J connectivity index is 1.89. The molecule has 1 saturated carbocycles. The molecule has 1 nitrogen and oxygen atoms in total. The van der Waals surface area contributed by atoms with Gasteiger partial charge in [0.25, 0.3) is 0 Å². The predicted octanol–water partition coefficient (Wildman–Crippen LogP) is 1.52. The number of hydrogen-bond donors (Lipinski definition) is 0. The van der Waals surface area contributed by atoms with Gasteiger partial charge in [-0.25, -0.2) is 0 Å². The molecule has 1 heteroatoms. The summed E-state index contributed by atoms with van der Waals surface area (Å²) in [4.78, 5) is 0. The van der Waals surface area contributed by atoms with Gasteiger partial charge in [-0.3, -0.25) is 0 Å². The van der Waals surface area contributed by atoms with Crippen molar-refractivity contribution in [1.29, 1.82) is 0 Å². The topological polar surface area (TPSA) is 12.5 Å². The normalized spacial score (nSPS) is 54.4. The van der Waals surface area contributed by atoms with Crippen molar-refractivity contribution in [2.75, 3.05) is 0 Å². The Morgan fingerprint density at radius 1 is 0.900 bits per heavy atom. The minimum atomic E-state index is 0.429. The van der Waals surface area contributed by atoms with Gasteiger partial charge in [0.15, 0.2) is 0 Å². The molecule has 2 fully saturated rings. The molecule has 3 aliphatic rings. The minimum absolute atomic E-state index is 0.429. The molecule has 1 saturated heterocycles. The fraction of sp³-hybridized carbons (Fsp3) is 0.556. The van der Waals surface area contributed by atoms with E-state index in [1.807, 2.05) is 0 Å². The van der Waals surface area contributed by atoms with Crippen LogP contribution in [0.4, 0.5) is 0 Å². The van der Waals surface area contributed by atoms with Crippen molar-refractivity contribution < 1.29 is 4.74 Å². The summed E-state index contributed by atoms with van der Waals surface area (Å²) < 4.78 is 5.33. The highest BCUT2D eigenvalue weighted by atomic mass is 16.6. The first-order valence-electron chi connectivity index (χ1n) is 3.95. The first kappa shape index (κ1) is 5.14. The van der Waals surface area contributed by atoms with Gasteiger partial charge < -0.3 is 4.74 Å². The van der Waals surface area contributed by atoms with Crippen LogP contribution in [-0.4, -0.2) is 12.2 Å². The minimum Gasteiger partial charge on any atom is -0.361 e. The zero-order valence-corrected chi connectivity index (χ0v) is 5.73. The smallest absolute Gasteiger partial charge is 0.106 e. The molecule has 2 aliphatic carbocycles. The summed E-state index contributed by atoms with van der Waals surface area (Å²) >= 11 is 0. The highest BCUT2D eigenvalue weighted by Crippen LogP contribution is 2.43. The van der Waals surface area contributed by atoms with Gasteiger partial charge >= 0.3 is 0 Å². The number of allylic oxidation sites excluding steroid dienone is 2. The van der Waals surface area contributed by atoms with Gasteiger partial charge in [-0.2, -0.15) is 0 Å². The standard InChI is InChI=1S/C9H10O/c1-3-8-9(10-8)4-2-7-5-6(1)7/h1-4,6-9H,5H2/t6-,7-,8-,9+/m1/s1. The van der Waals surface area contributed by atoms with Crippen molar-refractivity contribution in [1.82, 2.24) is 0 Å². The molecule has 0 unspecified atom stereocenters. The monoisotopic (exact) mass is 134 g/mol. The van der Waals surface area contributed by atoms with Gasteiger partial charge in [0.2, 0.25) is 0 Å². The maximum atomic E-state index is 5.33. The Morgan fingerprint density at radius 3 is 2.10 bits per heavy atom. The molecule has 0 bridgehead atoms. The average Bonchev–Trinajstić information content (AvgIpc) is 2.70. The second kappa shape index (κ2) is 1.54. The first-order chi connectivity index (χ1) is 4.93. The van der Waals surface area contributed by atoms with Crippen molar-refractivity contribution in [2.45, 2.75) is 18.6 Å². The summed E-state index contributed by atoms with van der Waals surface area (Å²) in [6.07, 6.45) is 11.3. The lowest BCUT2D eigenvalue weighted by atomic mass is 10.1. The van der Waals surface area contributed by atoms with Crippen molar-refractivity contribution in [2.24, 2.45) is 11.8 Å². The lowest BCUT2D eigenvalue weighted by molar-refractivity contribution is 0.413. The second-order valence-electron chi connectivity index (χ2n) is 3.40. The highest BCUT2D eigenvalue weighted by molar-refractivity contribution is 5.21. The van der Waals surface area contributed by atoms with E-state index < -0.39 is 0 Å². The molecule has 1 heterocycles. The Hall–Kier alpha value is -0.560. The van der Waals surface area contributed by atoms with Crippen LogP contribution >= 0.6 is 0 Å². The summed E-state index contributed by atoms with van der Waals surface area (Å²) in [5.74, 6) is 1.70. The van der Waals surface area contributed by atoms with E-state index in [1.54, 1.807) is 0 Å². The van der Waals surface area contributed by atoms with Crippen LogP contribution in [0.3, 0.4) is 0 Å². The van der Waals surface area contributed by atoms with Crippen LogP contribution in [0, 0.1) is 11.8 Å². The Kier molecular flexibility index (Phi) is 0.789. The molecule has 0 aromatic rings. The van der Waals surface area contributed by atoms with Crippen LogP contribution in [0.1, 0.15) is 6.42 Å². The third-order valence-corrected chi connectivity index (χ3v) is 2.55. The molecule has 0 radical (unpaired) electrons. The molecule has 4 atom stereocenters. The number of hydrogen-bond acceptors (Lipinski definition) is 1. The van der Waals surface area contributed by atoms with E-state index in [0.29, 0.717) is 12.2 Å². The van der Waals surface area contributed by atoms with Crippen LogP contribution in [0.15, 0.2) is 24.3 Å². The first-order valence-corrected chi connectivity index (χ1v) is 3.95. The Bertz CT molecular complexity index is 173. The van der Waals surface area contributed by atoms with Crippen molar-refractivity contribution in [3.05, 3.63) is 24.3 Å². The van der Waals surface area contributed by atoms with Crippen molar-refractivity contribution in [3.63, 3.8) is 0 Å². The SMILES string of the molecule is C1=C[C@@H]2O[C@@H]2C=C[C@@H]2C[C@@H]12. The van der Waals surface area contributed by atoms with E-state index in [1.165, 1.54) is 6.42 Å². The summed E-state index contributed by atoms with van der Waals surface area (Å²) in [6.45, 7) is 0. The number of rotatable bonds is 0. The number of epoxide rings is 1. The molecule has 1 aliphatic heterocycles. The van der Waals surface area contributed by atoms with Crippen LogP contribution in [0.2, 0.25) is 0 Å². The Labute approximate surface area is 60.4 Å². The lowest BCUT2D eigenvalue weighted by Crippen LogP contribution is -1.88. The van der Waals surface area contributed by atoms with Crippen LogP contribution in [0.5, 0.6) is 0 Å². The summed E-state index contributed by atoms with van der Waals surface area (Å²) in [5, 5.41) is 0. The molecule has 0 spiro atoms. The third kappa shape index (κ3) is 0.671. The lowest BCUT2D eigenvalue weighted by Gasteiger charge is -1.87.